The molecule has 0 aliphatic heterocycles. The monoisotopic (exact) mass is 234 g/mol. The highest BCUT2D eigenvalue weighted by molar-refractivity contribution is 5.92. The van der Waals surface area contributed by atoms with Crippen LogP contribution in [0.5, 0.6) is 5.75 Å². The minimum Gasteiger partial charge on any atom is -0.497 e. The van der Waals surface area contributed by atoms with Gasteiger partial charge in [0.1, 0.15) is 5.75 Å². The van der Waals surface area contributed by atoms with Crippen molar-refractivity contribution in [3.63, 3.8) is 0 Å². The number of benzene rings is 1. The summed E-state index contributed by atoms with van der Waals surface area (Å²) in [5.41, 5.74) is 0.766. The lowest BCUT2D eigenvalue weighted by Gasteiger charge is -2.13. The van der Waals surface area contributed by atoms with Crippen LogP contribution < -0.4 is 10.1 Å². The highest BCUT2D eigenvalue weighted by Crippen LogP contribution is 2.14. The number of nitrogens with zero attached hydrogens (tertiary/aromatic N) is 1. The fourth-order valence-corrected chi connectivity index (χ4v) is 1.40. The standard InChI is InChI=1S/C13H18N2O2/c1-4-9-15(2)10-13(16)14-11-5-7-12(17-3)8-6-11/h4-8H,1,9-10H2,2-3H3,(H,14,16). The molecular formula is C13H18N2O2. The first-order chi connectivity index (χ1) is 8.15. The number of anilines is 1. The Balaban J connectivity index is 2.47. The molecule has 1 aromatic carbocycles. The van der Waals surface area contributed by atoms with E-state index in [-0.39, 0.29) is 5.91 Å². The molecule has 0 aliphatic rings. The molecule has 0 saturated heterocycles. The number of methoxy groups -OCH3 is 1. The molecule has 0 saturated carbocycles. The molecule has 0 fully saturated rings. The number of hydrogen-bond acceptors (Lipinski definition) is 3. The topological polar surface area (TPSA) is 41.6 Å². The van der Waals surface area contributed by atoms with Crippen molar-refractivity contribution in [2.45, 2.75) is 0 Å². The van der Waals surface area contributed by atoms with Crippen molar-refractivity contribution in [2.75, 3.05) is 32.6 Å². The zero-order valence-electron chi connectivity index (χ0n) is 10.3. The Labute approximate surface area is 102 Å². The largest absolute Gasteiger partial charge is 0.497 e. The summed E-state index contributed by atoms with van der Waals surface area (Å²) in [6, 6.07) is 7.24. The van der Waals surface area contributed by atoms with Crippen molar-refractivity contribution in [3.8, 4) is 5.75 Å². The molecule has 1 aromatic rings. The lowest BCUT2D eigenvalue weighted by atomic mass is 10.3. The third-order valence-corrected chi connectivity index (χ3v) is 2.23. The van der Waals surface area contributed by atoms with Crippen LogP contribution in [-0.4, -0.2) is 38.1 Å². The Morgan fingerprint density at radius 3 is 2.65 bits per heavy atom. The zero-order chi connectivity index (χ0) is 12.7. The van der Waals surface area contributed by atoms with Crippen LogP contribution in [0.2, 0.25) is 0 Å². The number of hydrogen-bond donors (Lipinski definition) is 1. The summed E-state index contributed by atoms with van der Waals surface area (Å²) in [6.07, 6.45) is 1.76. The van der Waals surface area contributed by atoms with Crippen molar-refractivity contribution < 1.29 is 9.53 Å². The Morgan fingerprint density at radius 1 is 1.47 bits per heavy atom. The fraction of sp³-hybridized carbons (Fsp3) is 0.308. The van der Waals surface area contributed by atoms with E-state index in [1.807, 2.05) is 36.2 Å². The maximum atomic E-state index is 11.6. The first kappa shape index (κ1) is 13.3. The summed E-state index contributed by atoms with van der Waals surface area (Å²) in [4.78, 5) is 13.5. The molecular weight excluding hydrogens is 216 g/mol. The molecule has 4 heteroatoms. The number of carbonyl (C=O) groups excluding carboxylic acids is 1. The number of ether oxygens (including phenoxy) is 1. The van der Waals surface area contributed by atoms with E-state index < -0.39 is 0 Å². The van der Waals surface area contributed by atoms with Crippen LogP contribution in [0, 0.1) is 0 Å². The van der Waals surface area contributed by atoms with Crippen molar-refractivity contribution in [1.29, 1.82) is 0 Å². The molecule has 0 radical (unpaired) electrons. The summed E-state index contributed by atoms with van der Waals surface area (Å²) in [5, 5.41) is 2.81. The Bertz CT molecular complexity index is 374. The Kier molecular flexibility index (Phi) is 5.23. The summed E-state index contributed by atoms with van der Waals surface area (Å²) < 4.78 is 5.04. The molecule has 0 aromatic heterocycles. The Hall–Kier alpha value is -1.81. The highest BCUT2D eigenvalue weighted by Gasteiger charge is 2.05. The van der Waals surface area contributed by atoms with Crippen molar-refractivity contribution in [1.82, 2.24) is 4.90 Å². The van der Waals surface area contributed by atoms with Gasteiger partial charge in [-0.15, -0.1) is 6.58 Å². The van der Waals surface area contributed by atoms with Crippen LogP contribution in [0.4, 0.5) is 5.69 Å². The third-order valence-electron chi connectivity index (χ3n) is 2.23. The van der Waals surface area contributed by atoms with Gasteiger partial charge in [0, 0.05) is 12.2 Å². The lowest BCUT2D eigenvalue weighted by molar-refractivity contribution is -0.116. The number of amides is 1. The minimum atomic E-state index is -0.0421. The number of carbonyl (C=O) groups is 1. The molecule has 1 amide bonds. The summed E-state index contributed by atoms with van der Waals surface area (Å²) >= 11 is 0. The van der Waals surface area contributed by atoms with E-state index in [0.717, 1.165) is 11.4 Å². The predicted octanol–water partition coefficient (Wildman–Crippen LogP) is 1.75. The number of rotatable bonds is 6. The molecule has 0 aliphatic carbocycles. The Morgan fingerprint density at radius 2 is 2.12 bits per heavy atom. The van der Waals surface area contributed by atoms with Gasteiger partial charge in [-0.25, -0.2) is 0 Å². The van der Waals surface area contributed by atoms with Gasteiger partial charge in [-0.2, -0.15) is 0 Å². The predicted molar refractivity (Wildman–Crippen MR) is 69.3 cm³/mol. The molecule has 4 nitrogen and oxygen atoms in total. The van der Waals surface area contributed by atoms with Gasteiger partial charge < -0.3 is 10.1 Å². The normalized spacial score (nSPS) is 10.1. The molecule has 92 valence electrons. The maximum absolute atomic E-state index is 11.6. The number of nitrogens with one attached hydrogen (secondary N) is 1. The van der Waals surface area contributed by atoms with Crippen LogP contribution in [0.15, 0.2) is 36.9 Å². The highest BCUT2D eigenvalue weighted by atomic mass is 16.5. The molecule has 17 heavy (non-hydrogen) atoms. The quantitative estimate of drug-likeness (QED) is 0.762. The van der Waals surface area contributed by atoms with E-state index in [1.165, 1.54) is 0 Å². The number of likely N-dealkylation sites (N-methyl/N-ethyl adjacent to an activating group) is 1. The summed E-state index contributed by atoms with van der Waals surface area (Å²) in [7, 11) is 3.48. The summed E-state index contributed by atoms with van der Waals surface area (Å²) in [5.74, 6) is 0.728. The molecule has 0 unspecified atom stereocenters. The zero-order valence-corrected chi connectivity index (χ0v) is 10.3. The van der Waals surface area contributed by atoms with Gasteiger partial charge in [0.15, 0.2) is 0 Å². The van der Waals surface area contributed by atoms with Crippen LogP contribution in [-0.2, 0) is 4.79 Å². The van der Waals surface area contributed by atoms with Gasteiger partial charge in [0.05, 0.1) is 13.7 Å². The van der Waals surface area contributed by atoms with Crippen LogP contribution in [0.1, 0.15) is 0 Å². The van der Waals surface area contributed by atoms with Crippen molar-refractivity contribution >= 4 is 11.6 Å². The lowest BCUT2D eigenvalue weighted by Crippen LogP contribution is -2.30. The van der Waals surface area contributed by atoms with E-state index in [0.29, 0.717) is 13.1 Å². The fourth-order valence-electron chi connectivity index (χ4n) is 1.40. The average Bonchev–Trinajstić information content (AvgIpc) is 2.30. The second kappa shape index (κ2) is 6.70. The second-order valence-electron chi connectivity index (χ2n) is 3.76. The second-order valence-corrected chi connectivity index (χ2v) is 3.76. The molecule has 0 heterocycles. The van der Waals surface area contributed by atoms with Gasteiger partial charge in [-0.05, 0) is 31.3 Å². The van der Waals surface area contributed by atoms with Gasteiger partial charge in [-0.3, -0.25) is 9.69 Å². The SMILES string of the molecule is C=CCN(C)CC(=O)Nc1ccc(OC)cc1. The maximum Gasteiger partial charge on any atom is 0.238 e. The molecule has 1 N–H and O–H groups in total. The van der Waals surface area contributed by atoms with Crippen LogP contribution >= 0.6 is 0 Å². The third kappa shape index (κ3) is 4.70. The van der Waals surface area contributed by atoms with E-state index in [2.05, 4.69) is 11.9 Å². The van der Waals surface area contributed by atoms with Gasteiger partial charge in [-0.1, -0.05) is 6.08 Å². The summed E-state index contributed by atoms with van der Waals surface area (Å²) in [6.45, 7) is 4.66. The van der Waals surface area contributed by atoms with Gasteiger partial charge in [0.2, 0.25) is 5.91 Å². The van der Waals surface area contributed by atoms with Crippen molar-refractivity contribution in [2.24, 2.45) is 0 Å². The smallest absolute Gasteiger partial charge is 0.238 e. The van der Waals surface area contributed by atoms with Crippen molar-refractivity contribution in [3.05, 3.63) is 36.9 Å². The minimum absolute atomic E-state index is 0.0421. The van der Waals surface area contributed by atoms with Crippen LogP contribution in [0.25, 0.3) is 0 Å². The first-order valence-electron chi connectivity index (χ1n) is 5.39. The molecule has 1 rings (SSSR count). The average molecular weight is 234 g/mol. The van der Waals surface area contributed by atoms with Gasteiger partial charge in [0.25, 0.3) is 0 Å². The van der Waals surface area contributed by atoms with E-state index in [4.69, 9.17) is 4.74 Å². The molecule has 0 bridgehead atoms. The van der Waals surface area contributed by atoms with E-state index in [9.17, 15) is 4.79 Å². The molecule has 0 spiro atoms. The molecule has 0 atom stereocenters. The first-order valence-corrected chi connectivity index (χ1v) is 5.39. The van der Waals surface area contributed by atoms with Gasteiger partial charge >= 0.3 is 0 Å². The van der Waals surface area contributed by atoms with E-state index in [1.54, 1.807) is 13.2 Å². The van der Waals surface area contributed by atoms with Crippen LogP contribution in [0.3, 0.4) is 0 Å². The van der Waals surface area contributed by atoms with E-state index >= 15 is 0 Å².